The van der Waals surface area contributed by atoms with E-state index in [2.05, 4.69) is 17.2 Å². The van der Waals surface area contributed by atoms with Crippen molar-refractivity contribution in [3.05, 3.63) is 35.9 Å². The summed E-state index contributed by atoms with van der Waals surface area (Å²) < 4.78 is 0. The SMILES string of the molecule is C=C(CCCCNC(=O)Nc1ccc(C)c(O)c1)C(=O)[O-]. The molecule has 0 spiro atoms. The number of rotatable bonds is 7. The van der Waals surface area contributed by atoms with Crippen LogP contribution in [0.15, 0.2) is 30.4 Å². The summed E-state index contributed by atoms with van der Waals surface area (Å²) in [6.45, 7) is 5.56. The molecule has 0 aliphatic rings. The molecule has 0 aliphatic heterocycles. The van der Waals surface area contributed by atoms with E-state index >= 15 is 0 Å². The Hall–Kier alpha value is -2.50. The molecular formula is C15H19N2O4-. The van der Waals surface area contributed by atoms with Crippen molar-refractivity contribution in [3.63, 3.8) is 0 Å². The molecule has 1 rings (SSSR count). The van der Waals surface area contributed by atoms with Crippen LogP contribution in [0, 0.1) is 6.92 Å². The number of aromatic hydroxyl groups is 1. The maximum atomic E-state index is 11.6. The fourth-order valence-electron chi connectivity index (χ4n) is 1.63. The zero-order chi connectivity index (χ0) is 15.8. The summed E-state index contributed by atoms with van der Waals surface area (Å²) >= 11 is 0. The van der Waals surface area contributed by atoms with E-state index in [4.69, 9.17) is 0 Å². The predicted molar refractivity (Wildman–Crippen MR) is 77.9 cm³/mol. The number of carbonyl (C=O) groups is 2. The van der Waals surface area contributed by atoms with Gasteiger partial charge in [-0.1, -0.05) is 12.6 Å². The number of carbonyl (C=O) groups excluding carboxylic acids is 2. The number of urea groups is 1. The number of carboxylic acid groups (broad SMARTS) is 1. The van der Waals surface area contributed by atoms with Gasteiger partial charge in [0, 0.05) is 18.3 Å². The van der Waals surface area contributed by atoms with Crippen LogP contribution in [-0.2, 0) is 4.79 Å². The van der Waals surface area contributed by atoms with Gasteiger partial charge in [0.2, 0.25) is 0 Å². The van der Waals surface area contributed by atoms with Crippen molar-refractivity contribution >= 4 is 17.7 Å². The van der Waals surface area contributed by atoms with E-state index in [0.29, 0.717) is 31.5 Å². The van der Waals surface area contributed by atoms with E-state index in [-0.39, 0.29) is 17.4 Å². The first kappa shape index (κ1) is 16.6. The molecule has 0 bridgehead atoms. The van der Waals surface area contributed by atoms with Gasteiger partial charge in [0.15, 0.2) is 0 Å². The molecule has 1 aromatic rings. The van der Waals surface area contributed by atoms with Crippen molar-refractivity contribution in [1.29, 1.82) is 0 Å². The maximum absolute atomic E-state index is 11.6. The number of benzene rings is 1. The number of phenolic OH excluding ortho intramolecular Hbond substituents is 1. The topological polar surface area (TPSA) is 101 Å². The van der Waals surface area contributed by atoms with Crippen LogP contribution in [0.1, 0.15) is 24.8 Å². The standard InChI is InChI=1S/C15H20N2O4/c1-10-6-7-12(9-13(10)18)17-15(21)16-8-4-3-5-11(2)14(19)20/h6-7,9,18H,2-5,8H2,1H3,(H,19,20)(H2,16,17,21)/p-1. The van der Waals surface area contributed by atoms with Crippen LogP contribution >= 0.6 is 0 Å². The summed E-state index contributed by atoms with van der Waals surface area (Å²) in [6.07, 6.45) is 1.59. The van der Waals surface area contributed by atoms with Gasteiger partial charge in [-0.15, -0.1) is 0 Å². The molecule has 0 heterocycles. The first-order chi connectivity index (χ1) is 9.90. The summed E-state index contributed by atoms with van der Waals surface area (Å²) in [6, 6.07) is 4.49. The third-order valence-electron chi connectivity index (χ3n) is 2.95. The molecule has 0 saturated heterocycles. The van der Waals surface area contributed by atoms with Crippen LogP contribution < -0.4 is 15.7 Å². The number of amides is 2. The average molecular weight is 291 g/mol. The molecule has 0 unspecified atom stereocenters. The van der Waals surface area contributed by atoms with Crippen LogP contribution in [-0.4, -0.2) is 23.7 Å². The summed E-state index contributed by atoms with van der Waals surface area (Å²) in [7, 11) is 0. The molecule has 0 aliphatic carbocycles. The Morgan fingerprint density at radius 1 is 1.33 bits per heavy atom. The summed E-state index contributed by atoms with van der Waals surface area (Å²) in [5.41, 5.74) is 1.30. The Bertz CT molecular complexity index is 540. The molecule has 0 fully saturated rings. The fraction of sp³-hybridized carbons (Fsp3) is 0.333. The predicted octanol–water partition coefficient (Wildman–Crippen LogP) is 1.30. The molecule has 0 aromatic heterocycles. The summed E-state index contributed by atoms with van der Waals surface area (Å²) in [4.78, 5) is 22.0. The number of hydrogen-bond donors (Lipinski definition) is 3. The van der Waals surface area contributed by atoms with Gasteiger partial charge in [-0.05, 0) is 43.4 Å². The normalized spacial score (nSPS) is 9.95. The number of hydrogen-bond acceptors (Lipinski definition) is 4. The largest absolute Gasteiger partial charge is 0.545 e. The van der Waals surface area contributed by atoms with E-state index in [1.165, 1.54) is 6.07 Å². The molecule has 6 nitrogen and oxygen atoms in total. The van der Waals surface area contributed by atoms with Crippen LogP contribution in [0.2, 0.25) is 0 Å². The Balaban J connectivity index is 2.24. The maximum Gasteiger partial charge on any atom is 0.319 e. The van der Waals surface area contributed by atoms with Crippen LogP contribution in [0.3, 0.4) is 0 Å². The average Bonchev–Trinajstić information content (AvgIpc) is 2.42. The first-order valence-electron chi connectivity index (χ1n) is 6.63. The van der Waals surface area contributed by atoms with Crippen molar-refractivity contribution in [2.24, 2.45) is 0 Å². The van der Waals surface area contributed by atoms with Gasteiger partial charge >= 0.3 is 6.03 Å². The number of anilines is 1. The monoisotopic (exact) mass is 291 g/mol. The number of aryl methyl sites for hydroxylation is 1. The molecule has 21 heavy (non-hydrogen) atoms. The Kier molecular flexibility index (Phi) is 6.26. The van der Waals surface area contributed by atoms with Crippen molar-refractivity contribution in [2.75, 3.05) is 11.9 Å². The lowest BCUT2D eigenvalue weighted by Gasteiger charge is -2.09. The van der Waals surface area contributed by atoms with E-state index < -0.39 is 5.97 Å². The van der Waals surface area contributed by atoms with Gasteiger partial charge in [0.05, 0.1) is 5.97 Å². The highest BCUT2D eigenvalue weighted by atomic mass is 16.4. The van der Waals surface area contributed by atoms with Crippen LogP contribution in [0.5, 0.6) is 5.75 Å². The summed E-state index contributed by atoms with van der Waals surface area (Å²) in [5, 5.41) is 25.2. The second-order valence-electron chi connectivity index (χ2n) is 4.73. The summed E-state index contributed by atoms with van der Waals surface area (Å²) in [5.74, 6) is -1.12. The van der Waals surface area contributed by atoms with E-state index in [9.17, 15) is 19.8 Å². The van der Waals surface area contributed by atoms with E-state index in [1.54, 1.807) is 19.1 Å². The zero-order valence-corrected chi connectivity index (χ0v) is 11.9. The molecular weight excluding hydrogens is 272 g/mol. The molecule has 3 N–H and O–H groups in total. The molecule has 1 aromatic carbocycles. The lowest BCUT2D eigenvalue weighted by Crippen LogP contribution is -2.29. The fourth-order valence-corrected chi connectivity index (χ4v) is 1.63. The first-order valence-corrected chi connectivity index (χ1v) is 6.63. The number of carboxylic acids is 1. The third-order valence-corrected chi connectivity index (χ3v) is 2.95. The Labute approximate surface area is 123 Å². The smallest absolute Gasteiger partial charge is 0.319 e. The Morgan fingerprint density at radius 2 is 2.05 bits per heavy atom. The molecule has 0 radical (unpaired) electrons. The van der Waals surface area contributed by atoms with Crippen molar-refractivity contribution in [2.45, 2.75) is 26.2 Å². The van der Waals surface area contributed by atoms with Gasteiger partial charge in [-0.2, -0.15) is 0 Å². The number of nitrogens with one attached hydrogen (secondary N) is 2. The molecule has 114 valence electrons. The highest BCUT2D eigenvalue weighted by Gasteiger charge is 2.03. The van der Waals surface area contributed by atoms with E-state index in [1.807, 2.05) is 0 Å². The highest BCUT2D eigenvalue weighted by Crippen LogP contribution is 2.20. The molecule has 6 heteroatoms. The zero-order valence-electron chi connectivity index (χ0n) is 11.9. The second-order valence-corrected chi connectivity index (χ2v) is 4.73. The lowest BCUT2D eigenvalue weighted by atomic mass is 10.1. The molecule has 2 amide bonds. The van der Waals surface area contributed by atoms with Crippen LogP contribution in [0.25, 0.3) is 0 Å². The van der Waals surface area contributed by atoms with Gasteiger partial charge in [0.1, 0.15) is 5.75 Å². The molecule has 0 atom stereocenters. The quantitative estimate of drug-likeness (QED) is 0.520. The second kappa shape index (κ2) is 7.94. The Morgan fingerprint density at radius 3 is 2.67 bits per heavy atom. The van der Waals surface area contributed by atoms with Gasteiger partial charge in [0.25, 0.3) is 0 Å². The third kappa shape index (κ3) is 5.99. The lowest BCUT2D eigenvalue weighted by molar-refractivity contribution is -0.299. The van der Waals surface area contributed by atoms with Crippen molar-refractivity contribution < 1.29 is 19.8 Å². The van der Waals surface area contributed by atoms with Crippen molar-refractivity contribution in [1.82, 2.24) is 5.32 Å². The number of phenols is 1. The van der Waals surface area contributed by atoms with Crippen LogP contribution in [0.4, 0.5) is 10.5 Å². The van der Waals surface area contributed by atoms with Crippen molar-refractivity contribution in [3.8, 4) is 5.75 Å². The minimum absolute atomic E-state index is 0.0644. The molecule has 0 saturated carbocycles. The van der Waals surface area contributed by atoms with Gasteiger partial charge in [-0.3, -0.25) is 0 Å². The van der Waals surface area contributed by atoms with Gasteiger partial charge < -0.3 is 25.6 Å². The number of unbranched alkanes of at least 4 members (excludes halogenated alkanes) is 1. The highest BCUT2D eigenvalue weighted by molar-refractivity contribution is 5.89. The minimum Gasteiger partial charge on any atom is -0.545 e. The van der Waals surface area contributed by atoms with Gasteiger partial charge in [-0.25, -0.2) is 4.79 Å². The van der Waals surface area contributed by atoms with E-state index in [0.717, 1.165) is 5.56 Å². The minimum atomic E-state index is -1.24. The number of aliphatic carboxylic acids is 1.